The highest BCUT2D eigenvalue weighted by molar-refractivity contribution is 5.84. The Morgan fingerprint density at radius 2 is 1.65 bits per heavy atom. The minimum atomic E-state index is -1.03. The molecule has 20 heavy (non-hydrogen) atoms. The number of hydrogen-bond acceptors (Lipinski definition) is 3. The molecule has 0 aromatic rings. The topological polar surface area (TPSA) is 78.4 Å². The van der Waals surface area contributed by atoms with E-state index in [1.807, 2.05) is 0 Å². The van der Waals surface area contributed by atoms with Crippen LogP contribution in [0.5, 0.6) is 0 Å². The number of carboxylic acids is 1. The molecule has 0 spiro atoms. The lowest BCUT2D eigenvalue weighted by Crippen LogP contribution is -2.62. The van der Waals surface area contributed by atoms with Crippen LogP contribution in [0.2, 0.25) is 0 Å². The molecule has 1 heterocycles. The van der Waals surface area contributed by atoms with Crippen LogP contribution in [0, 0.1) is 5.41 Å². The van der Waals surface area contributed by atoms with Gasteiger partial charge in [0.25, 0.3) is 0 Å². The molecule has 116 valence electrons. The summed E-state index contributed by atoms with van der Waals surface area (Å²) in [4.78, 5) is 23.1. The predicted octanol–water partition coefficient (Wildman–Crippen LogP) is 1.91. The van der Waals surface area contributed by atoms with E-state index in [0.29, 0.717) is 0 Å². The van der Waals surface area contributed by atoms with E-state index < -0.39 is 11.4 Å². The van der Waals surface area contributed by atoms with Gasteiger partial charge in [-0.15, -0.1) is 0 Å². The lowest BCUT2D eigenvalue weighted by Gasteiger charge is -2.46. The Morgan fingerprint density at radius 3 is 2.05 bits per heavy atom. The van der Waals surface area contributed by atoms with E-state index in [9.17, 15) is 9.59 Å². The maximum Gasteiger partial charge on any atom is 0.309 e. The Bertz CT molecular complexity index is 384. The van der Waals surface area contributed by atoms with Crippen molar-refractivity contribution in [3.8, 4) is 0 Å². The fraction of sp³-hybridized carbons (Fsp3) is 0.867. The Balaban J connectivity index is 2.64. The molecule has 5 heteroatoms. The lowest BCUT2D eigenvalue weighted by atomic mass is 9.79. The normalized spacial score (nSPS) is 22.3. The number of carboxylic acid groups (broad SMARTS) is 1. The third kappa shape index (κ3) is 4.78. The highest BCUT2D eigenvalue weighted by Gasteiger charge is 2.39. The van der Waals surface area contributed by atoms with Gasteiger partial charge in [0, 0.05) is 23.5 Å². The molecule has 5 nitrogen and oxygen atoms in total. The lowest BCUT2D eigenvalue weighted by molar-refractivity contribution is -0.149. The molecule has 0 radical (unpaired) electrons. The van der Waals surface area contributed by atoms with Crippen LogP contribution in [0.15, 0.2) is 0 Å². The fourth-order valence-electron chi connectivity index (χ4n) is 3.18. The number of hydrogen-bond donors (Lipinski definition) is 3. The predicted molar refractivity (Wildman–Crippen MR) is 78.5 cm³/mol. The van der Waals surface area contributed by atoms with Crippen molar-refractivity contribution in [3.05, 3.63) is 0 Å². The number of carbonyl (C=O) groups excluding carboxylic acids is 1. The van der Waals surface area contributed by atoms with Crippen molar-refractivity contribution in [2.24, 2.45) is 5.41 Å². The van der Waals surface area contributed by atoms with Gasteiger partial charge in [-0.25, -0.2) is 0 Å². The van der Waals surface area contributed by atoms with E-state index in [4.69, 9.17) is 5.11 Å². The smallest absolute Gasteiger partial charge is 0.309 e. The van der Waals surface area contributed by atoms with Gasteiger partial charge in [0.1, 0.15) is 0 Å². The summed E-state index contributed by atoms with van der Waals surface area (Å²) in [5, 5.41) is 15.6. The van der Waals surface area contributed by atoms with Gasteiger partial charge >= 0.3 is 5.97 Å². The number of nitrogens with one attached hydrogen (secondary N) is 2. The molecule has 3 N–H and O–H groups in total. The van der Waals surface area contributed by atoms with E-state index in [2.05, 4.69) is 38.3 Å². The minimum Gasteiger partial charge on any atom is -0.481 e. The molecule has 1 rings (SSSR count). The second kappa shape index (κ2) is 5.35. The Hall–Kier alpha value is -1.10. The first kappa shape index (κ1) is 17.0. The van der Waals surface area contributed by atoms with Crippen LogP contribution in [0.3, 0.4) is 0 Å². The molecule has 0 bridgehead atoms. The number of aliphatic carboxylic acids is 1. The first-order chi connectivity index (χ1) is 8.83. The van der Waals surface area contributed by atoms with E-state index in [-0.39, 0.29) is 29.4 Å². The second-order valence-corrected chi connectivity index (χ2v) is 7.93. The van der Waals surface area contributed by atoms with E-state index >= 15 is 0 Å². The third-order valence-corrected chi connectivity index (χ3v) is 3.74. The summed E-state index contributed by atoms with van der Waals surface area (Å²) in [5.41, 5.74) is -1.11. The average molecular weight is 284 g/mol. The highest BCUT2D eigenvalue weighted by atomic mass is 16.4. The van der Waals surface area contributed by atoms with E-state index in [0.717, 1.165) is 12.8 Å². The van der Waals surface area contributed by atoms with Gasteiger partial charge in [0.2, 0.25) is 5.91 Å². The quantitative estimate of drug-likeness (QED) is 0.737. The van der Waals surface area contributed by atoms with Gasteiger partial charge in [0.15, 0.2) is 0 Å². The summed E-state index contributed by atoms with van der Waals surface area (Å²) in [6.45, 7) is 11.6. The minimum absolute atomic E-state index is 0.00706. The summed E-state index contributed by atoms with van der Waals surface area (Å²) < 4.78 is 0. The molecule has 0 aromatic carbocycles. The summed E-state index contributed by atoms with van der Waals surface area (Å²) in [5.74, 6) is -1.13. The molecular formula is C15H28N2O3. The van der Waals surface area contributed by atoms with Crippen molar-refractivity contribution in [2.75, 3.05) is 0 Å². The molecule has 0 atom stereocenters. The molecule has 1 aliphatic rings. The molecule has 1 fully saturated rings. The number of carbonyl (C=O) groups is 2. The van der Waals surface area contributed by atoms with Crippen molar-refractivity contribution in [2.45, 2.75) is 77.9 Å². The first-order valence-corrected chi connectivity index (χ1v) is 7.15. The molecule has 0 unspecified atom stereocenters. The second-order valence-electron chi connectivity index (χ2n) is 7.93. The molecule has 0 aromatic heterocycles. The molecule has 1 aliphatic heterocycles. The van der Waals surface area contributed by atoms with E-state index in [1.54, 1.807) is 13.8 Å². The van der Waals surface area contributed by atoms with Gasteiger partial charge in [0.05, 0.1) is 5.41 Å². The zero-order valence-corrected chi connectivity index (χ0v) is 13.5. The van der Waals surface area contributed by atoms with Crippen LogP contribution < -0.4 is 10.6 Å². The van der Waals surface area contributed by atoms with Crippen LogP contribution >= 0.6 is 0 Å². The van der Waals surface area contributed by atoms with E-state index in [1.165, 1.54) is 0 Å². The standard InChI is InChI=1S/C15H28N2O3/c1-13(2,12(19)20)9-11(18)16-10-7-14(3,4)17-15(5,6)8-10/h10,17H,7-9H2,1-6H3,(H,16,18)(H,19,20). The average Bonchev–Trinajstić information content (AvgIpc) is 2.09. The van der Waals surface area contributed by atoms with Crippen molar-refractivity contribution < 1.29 is 14.7 Å². The summed E-state index contributed by atoms with van der Waals surface area (Å²) in [7, 11) is 0. The number of amides is 1. The molecule has 0 saturated carbocycles. The Kier molecular flexibility index (Phi) is 4.54. The fourth-order valence-corrected chi connectivity index (χ4v) is 3.18. The van der Waals surface area contributed by atoms with Gasteiger partial charge in [-0.3, -0.25) is 9.59 Å². The molecule has 0 aliphatic carbocycles. The summed E-state index contributed by atoms with van der Waals surface area (Å²) >= 11 is 0. The summed E-state index contributed by atoms with van der Waals surface area (Å²) in [6.07, 6.45) is 1.69. The SMILES string of the molecule is CC1(C)CC(NC(=O)CC(C)(C)C(=O)O)CC(C)(C)N1. The Labute approximate surface area is 121 Å². The van der Waals surface area contributed by atoms with Crippen LogP contribution in [0.1, 0.15) is 60.8 Å². The monoisotopic (exact) mass is 284 g/mol. The zero-order valence-electron chi connectivity index (χ0n) is 13.5. The van der Waals surface area contributed by atoms with Crippen LogP contribution in [0.25, 0.3) is 0 Å². The van der Waals surface area contributed by atoms with Crippen molar-refractivity contribution in [1.82, 2.24) is 10.6 Å². The Morgan fingerprint density at radius 1 is 1.20 bits per heavy atom. The van der Waals surface area contributed by atoms with Gasteiger partial charge < -0.3 is 15.7 Å². The number of piperidine rings is 1. The van der Waals surface area contributed by atoms with Crippen LogP contribution in [0.4, 0.5) is 0 Å². The van der Waals surface area contributed by atoms with Gasteiger partial charge in [-0.2, -0.15) is 0 Å². The molecule has 1 saturated heterocycles. The molecule has 1 amide bonds. The van der Waals surface area contributed by atoms with Crippen molar-refractivity contribution >= 4 is 11.9 Å². The van der Waals surface area contributed by atoms with Gasteiger partial charge in [-0.1, -0.05) is 0 Å². The number of rotatable bonds is 4. The molecular weight excluding hydrogens is 256 g/mol. The maximum absolute atomic E-state index is 12.1. The first-order valence-electron chi connectivity index (χ1n) is 7.15. The van der Waals surface area contributed by atoms with Crippen molar-refractivity contribution in [3.63, 3.8) is 0 Å². The van der Waals surface area contributed by atoms with Gasteiger partial charge in [-0.05, 0) is 54.4 Å². The maximum atomic E-state index is 12.1. The zero-order chi connectivity index (χ0) is 15.8. The van der Waals surface area contributed by atoms with Crippen molar-refractivity contribution in [1.29, 1.82) is 0 Å². The van der Waals surface area contributed by atoms with Crippen LogP contribution in [-0.2, 0) is 9.59 Å². The summed E-state index contributed by atoms with van der Waals surface area (Å²) in [6, 6.07) is 0.0818. The highest BCUT2D eigenvalue weighted by Crippen LogP contribution is 2.29. The van der Waals surface area contributed by atoms with Crippen LogP contribution in [-0.4, -0.2) is 34.1 Å². The largest absolute Gasteiger partial charge is 0.481 e. The third-order valence-electron chi connectivity index (χ3n) is 3.74.